The van der Waals surface area contributed by atoms with Crippen LogP contribution in [0.2, 0.25) is 0 Å². The van der Waals surface area contributed by atoms with Gasteiger partial charge in [-0.2, -0.15) is 0 Å². The highest BCUT2D eigenvalue weighted by Gasteiger charge is 2.18. The molecule has 1 rings (SSSR count). The molecule has 0 spiro atoms. The van der Waals surface area contributed by atoms with E-state index in [-0.39, 0.29) is 12.5 Å². The van der Waals surface area contributed by atoms with Crippen molar-refractivity contribution in [2.45, 2.75) is 31.8 Å². The maximum Gasteiger partial charge on any atom is 0.326 e. The van der Waals surface area contributed by atoms with Crippen molar-refractivity contribution in [1.29, 1.82) is 0 Å². The van der Waals surface area contributed by atoms with Crippen molar-refractivity contribution >= 4 is 11.9 Å². The van der Waals surface area contributed by atoms with E-state index in [1.54, 1.807) is 7.11 Å². The summed E-state index contributed by atoms with van der Waals surface area (Å²) in [6.07, 6.45) is 1.79. The molecule has 1 aromatic rings. The molecule has 0 radical (unpaired) electrons. The van der Waals surface area contributed by atoms with E-state index in [1.165, 1.54) is 0 Å². The van der Waals surface area contributed by atoms with Crippen LogP contribution in [0.5, 0.6) is 5.75 Å². The molecule has 23 heavy (non-hydrogen) atoms. The number of aliphatic carboxylic acids is 1. The molecule has 0 aliphatic rings. The Balaban J connectivity index is 2.38. The highest BCUT2D eigenvalue weighted by molar-refractivity contribution is 5.84. The first kappa shape index (κ1) is 18.9. The molecule has 0 aliphatic heterocycles. The molecule has 0 aromatic heterocycles. The highest BCUT2D eigenvalue weighted by atomic mass is 16.5. The zero-order valence-corrected chi connectivity index (χ0v) is 13.4. The minimum Gasteiger partial charge on any atom is -0.496 e. The fourth-order valence-electron chi connectivity index (χ4n) is 2.16. The van der Waals surface area contributed by atoms with E-state index in [0.29, 0.717) is 25.9 Å². The van der Waals surface area contributed by atoms with Crippen LogP contribution in [0.1, 0.15) is 24.8 Å². The van der Waals surface area contributed by atoms with Crippen molar-refractivity contribution in [3.63, 3.8) is 0 Å². The maximum absolute atomic E-state index is 11.8. The van der Waals surface area contributed by atoms with Gasteiger partial charge in [0, 0.05) is 12.1 Å². The standard InChI is InChI=1S/C16H25N3O4/c1-23-14-8-3-2-6-12(14)10-18-11-15(20)19-13(16(21)22)7-4-5-9-17/h2-3,6,8,13,18H,4-5,7,9-11,17H2,1H3,(H,19,20)(H,21,22)/t13-/m0/s1. The van der Waals surface area contributed by atoms with Crippen LogP contribution in [-0.2, 0) is 16.1 Å². The summed E-state index contributed by atoms with van der Waals surface area (Å²) in [6, 6.07) is 6.62. The van der Waals surface area contributed by atoms with Gasteiger partial charge in [0.05, 0.1) is 13.7 Å². The molecule has 7 heteroatoms. The molecular formula is C16H25N3O4. The van der Waals surface area contributed by atoms with Crippen molar-refractivity contribution in [3.8, 4) is 5.75 Å². The summed E-state index contributed by atoms with van der Waals surface area (Å²) in [6.45, 7) is 1.02. The topological polar surface area (TPSA) is 114 Å². The normalized spacial score (nSPS) is 11.7. The van der Waals surface area contributed by atoms with Crippen LogP contribution in [0.25, 0.3) is 0 Å². The zero-order chi connectivity index (χ0) is 17.1. The monoisotopic (exact) mass is 323 g/mol. The van der Waals surface area contributed by atoms with Crippen molar-refractivity contribution in [1.82, 2.24) is 10.6 Å². The van der Waals surface area contributed by atoms with Gasteiger partial charge in [0.1, 0.15) is 11.8 Å². The lowest BCUT2D eigenvalue weighted by Gasteiger charge is -2.15. The van der Waals surface area contributed by atoms with E-state index in [4.69, 9.17) is 15.6 Å². The summed E-state index contributed by atoms with van der Waals surface area (Å²) in [5.41, 5.74) is 6.31. The van der Waals surface area contributed by atoms with Gasteiger partial charge in [0.2, 0.25) is 5.91 Å². The Morgan fingerprint density at radius 2 is 2.04 bits per heavy atom. The van der Waals surface area contributed by atoms with Gasteiger partial charge in [0.15, 0.2) is 0 Å². The summed E-state index contributed by atoms with van der Waals surface area (Å²) in [5.74, 6) is -0.634. The molecule has 0 aliphatic carbocycles. The molecule has 1 atom stereocenters. The van der Waals surface area contributed by atoms with Gasteiger partial charge >= 0.3 is 5.97 Å². The smallest absolute Gasteiger partial charge is 0.326 e. The quantitative estimate of drug-likeness (QED) is 0.441. The third-order valence-electron chi connectivity index (χ3n) is 3.37. The fourth-order valence-corrected chi connectivity index (χ4v) is 2.16. The molecule has 0 saturated heterocycles. The van der Waals surface area contributed by atoms with Gasteiger partial charge in [-0.25, -0.2) is 4.79 Å². The fraction of sp³-hybridized carbons (Fsp3) is 0.500. The molecule has 0 unspecified atom stereocenters. The Hall–Kier alpha value is -2.12. The number of amides is 1. The SMILES string of the molecule is COc1ccccc1CNCC(=O)N[C@@H](CCCCN)C(=O)O. The van der Waals surface area contributed by atoms with Crippen LogP contribution in [0.4, 0.5) is 0 Å². The number of nitrogens with two attached hydrogens (primary N) is 1. The maximum atomic E-state index is 11.8. The van der Waals surface area contributed by atoms with Crippen LogP contribution in [0, 0.1) is 0 Å². The summed E-state index contributed by atoms with van der Waals surface area (Å²) in [4.78, 5) is 23.0. The first-order chi connectivity index (χ1) is 11.1. The highest BCUT2D eigenvalue weighted by Crippen LogP contribution is 2.16. The predicted octanol–water partition coefficient (Wildman–Crippen LogP) is 0.483. The first-order valence-electron chi connectivity index (χ1n) is 7.63. The van der Waals surface area contributed by atoms with Crippen LogP contribution >= 0.6 is 0 Å². The minimum absolute atomic E-state index is 0.0404. The van der Waals surface area contributed by atoms with E-state index in [0.717, 1.165) is 17.7 Å². The molecule has 5 N–H and O–H groups in total. The molecule has 1 aromatic carbocycles. The lowest BCUT2D eigenvalue weighted by molar-refractivity contribution is -0.141. The molecule has 7 nitrogen and oxygen atoms in total. The lowest BCUT2D eigenvalue weighted by Crippen LogP contribution is -2.44. The van der Waals surface area contributed by atoms with Crippen molar-refractivity contribution in [2.75, 3.05) is 20.2 Å². The molecule has 0 saturated carbocycles. The second-order valence-corrected chi connectivity index (χ2v) is 5.16. The number of para-hydroxylation sites is 1. The number of ether oxygens (including phenoxy) is 1. The van der Waals surface area contributed by atoms with E-state index in [1.807, 2.05) is 24.3 Å². The summed E-state index contributed by atoms with van der Waals surface area (Å²) < 4.78 is 5.23. The third-order valence-corrected chi connectivity index (χ3v) is 3.37. The van der Waals surface area contributed by atoms with Crippen molar-refractivity contribution < 1.29 is 19.4 Å². The number of rotatable bonds is 11. The van der Waals surface area contributed by atoms with Crippen LogP contribution in [0.15, 0.2) is 24.3 Å². The van der Waals surface area contributed by atoms with Gasteiger partial charge in [-0.05, 0) is 31.9 Å². The number of methoxy groups -OCH3 is 1. The Kier molecular flexibility index (Phi) is 8.71. The molecule has 0 heterocycles. The zero-order valence-electron chi connectivity index (χ0n) is 13.4. The van der Waals surface area contributed by atoms with Crippen LogP contribution in [0.3, 0.4) is 0 Å². The molecular weight excluding hydrogens is 298 g/mol. The molecule has 0 bridgehead atoms. The van der Waals surface area contributed by atoms with Gasteiger partial charge in [-0.3, -0.25) is 4.79 Å². The lowest BCUT2D eigenvalue weighted by atomic mass is 10.1. The number of carbonyl (C=O) groups excluding carboxylic acids is 1. The largest absolute Gasteiger partial charge is 0.496 e. The Morgan fingerprint density at radius 3 is 2.70 bits per heavy atom. The number of carbonyl (C=O) groups is 2. The average molecular weight is 323 g/mol. The number of unbranched alkanes of at least 4 members (excludes halogenated alkanes) is 1. The number of carboxylic acid groups (broad SMARTS) is 1. The second kappa shape index (κ2) is 10.6. The summed E-state index contributed by atoms with van der Waals surface area (Å²) >= 11 is 0. The van der Waals surface area contributed by atoms with Crippen molar-refractivity contribution in [2.24, 2.45) is 5.73 Å². The van der Waals surface area contributed by atoms with E-state index >= 15 is 0 Å². The van der Waals surface area contributed by atoms with Gasteiger partial charge in [-0.1, -0.05) is 18.2 Å². The Bertz CT molecular complexity index is 508. The number of benzene rings is 1. The minimum atomic E-state index is -1.03. The average Bonchev–Trinajstić information content (AvgIpc) is 2.54. The van der Waals surface area contributed by atoms with E-state index < -0.39 is 12.0 Å². The predicted molar refractivity (Wildman–Crippen MR) is 87.2 cm³/mol. The van der Waals surface area contributed by atoms with Crippen molar-refractivity contribution in [3.05, 3.63) is 29.8 Å². The summed E-state index contributed by atoms with van der Waals surface area (Å²) in [7, 11) is 1.59. The van der Waals surface area contributed by atoms with Crippen LogP contribution < -0.4 is 21.1 Å². The Labute approximate surface area is 136 Å². The number of carboxylic acids is 1. The number of hydrogen-bond donors (Lipinski definition) is 4. The number of hydrogen-bond acceptors (Lipinski definition) is 5. The van der Waals surface area contributed by atoms with Gasteiger partial charge < -0.3 is 26.2 Å². The third kappa shape index (κ3) is 7.12. The summed E-state index contributed by atoms with van der Waals surface area (Å²) in [5, 5.41) is 14.6. The molecule has 128 valence electrons. The van der Waals surface area contributed by atoms with Gasteiger partial charge in [-0.15, -0.1) is 0 Å². The Morgan fingerprint density at radius 1 is 1.30 bits per heavy atom. The van der Waals surface area contributed by atoms with Crippen LogP contribution in [-0.4, -0.2) is 43.2 Å². The van der Waals surface area contributed by atoms with E-state index in [2.05, 4.69) is 10.6 Å². The van der Waals surface area contributed by atoms with Gasteiger partial charge in [0.25, 0.3) is 0 Å². The first-order valence-corrected chi connectivity index (χ1v) is 7.63. The van der Waals surface area contributed by atoms with E-state index in [9.17, 15) is 9.59 Å². The second-order valence-electron chi connectivity index (χ2n) is 5.16. The molecule has 1 amide bonds. The molecule has 0 fully saturated rings. The number of nitrogens with one attached hydrogen (secondary N) is 2.